The summed E-state index contributed by atoms with van der Waals surface area (Å²) in [5.74, 6) is -0.0381. The number of aryl methyl sites for hydroxylation is 3. The fraction of sp³-hybridized carbons (Fsp3) is 0.611. The third kappa shape index (κ3) is 3.93. The van der Waals surface area contributed by atoms with E-state index in [1.807, 2.05) is 31.5 Å². The lowest BCUT2D eigenvalue weighted by atomic mass is 10.1. The van der Waals surface area contributed by atoms with Crippen LogP contribution in [0.2, 0.25) is 0 Å². The molecule has 2 aromatic heterocycles. The van der Waals surface area contributed by atoms with E-state index in [1.165, 1.54) is 0 Å². The first kappa shape index (κ1) is 18.4. The molecule has 2 aromatic rings. The Labute approximate surface area is 144 Å². The summed E-state index contributed by atoms with van der Waals surface area (Å²) in [6.07, 6.45) is 0.952. The molecule has 1 N–H and O–H groups in total. The molecule has 0 atom stereocenters. The van der Waals surface area contributed by atoms with Crippen molar-refractivity contribution in [3.8, 4) is 0 Å². The lowest BCUT2D eigenvalue weighted by Crippen LogP contribution is -2.30. The SMILES string of the molecule is CCN(CC)CCCNC(=O)c1cc(C)nc2c1c(C)nn2CC. The summed E-state index contributed by atoms with van der Waals surface area (Å²) in [4.78, 5) is 19.6. The minimum absolute atomic E-state index is 0.0381. The van der Waals surface area contributed by atoms with Crippen molar-refractivity contribution in [3.63, 3.8) is 0 Å². The fourth-order valence-electron chi connectivity index (χ4n) is 3.02. The molecular weight excluding hydrogens is 302 g/mol. The molecule has 6 heteroatoms. The summed E-state index contributed by atoms with van der Waals surface area (Å²) in [5, 5.41) is 8.41. The molecule has 0 unspecified atom stereocenters. The van der Waals surface area contributed by atoms with Crippen molar-refractivity contribution in [2.24, 2.45) is 0 Å². The van der Waals surface area contributed by atoms with Gasteiger partial charge in [-0.2, -0.15) is 5.10 Å². The van der Waals surface area contributed by atoms with E-state index in [-0.39, 0.29) is 5.91 Å². The van der Waals surface area contributed by atoms with Crippen molar-refractivity contribution in [2.75, 3.05) is 26.2 Å². The van der Waals surface area contributed by atoms with Crippen LogP contribution in [0.15, 0.2) is 6.07 Å². The third-order valence-corrected chi connectivity index (χ3v) is 4.38. The predicted octanol–water partition coefficient (Wildman–Crippen LogP) is 2.53. The van der Waals surface area contributed by atoms with E-state index < -0.39 is 0 Å². The van der Waals surface area contributed by atoms with E-state index in [0.717, 1.165) is 55.0 Å². The second-order valence-corrected chi connectivity index (χ2v) is 6.05. The number of nitrogens with zero attached hydrogens (tertiary/aromatic N) is 4. The van der Waals surface area contributed by atoms with Crippen LogP contribution >= 0.6 is 0 Å². The van der Waals surface area contributed by atoms with Crippen molar-refractivity contribution in [1.82, 2.24) is 25.0 Å². The van der Waals surface area contributed by atoms with Crippen molar-refractivity contribution in [1.29, 1.82) is 0 Å². The molecule has 0 aliphatic rings. The quantitative estimate of drug-likeness (QED) is 0.755. The minimum Gasteiger partial charge on any atom is -0.352 e. The van der Waals surface area contributed by atoms with Crippen LogP contribution in [-0.2, 0) is 6.54 Å². The molecule has 0 aliphatic heterocycles. The zero-order valence-corrected chi connectivity index (χ0v) is 15.5. The van der Waals surface area contributed by atoms with Crippen LogP contribution in [0.25, 0.3) is 11.0 Å². The lowest BCUT2D eigenvalue weighted by Gasteiger charge is -2.17. The average Bonchev–Trinajstić information content (AvgIpc) is 2.90. The molecule has 132 valence electrons. The van der Waals surface area contributed by atoms with Gasteiger partial charge in [0.05, 0.1) is 16.6 Å². The Kier molecular flexibility index (Phi) is 6.31. The number of nitrogens with one attached hydrogen (secondary N) is 1. The summed E-state index contributed by atoms with van der Waals surface area (Å²) < 4.78 is 1.86. The molecular formula is C18H29N5O. The summed E-state index contributed by atoms with van der Waals surface area (Å²) in [6, 6.07) is 1.86. The summed E-state index contributed by atoms with van der Waals surface area (Å²) in [6.45, 7) is 14.7. The Bertz CT molecular complexity index is 703. The second-order valence-electron chi connectivity index (χ2n) is 6.05. The number of fused-ring (bicyclic) bond motifs is 1. The van der Waals surface area contributed by atoms with Gasteiger partial charge in [0, 0.05) is 18.8 Å². The van der Waals surface area contributed by atoms with Crippen molar-refractivity contribution in [3.05, 3.63) is 23.0 Å². The Morgan fingerprint density at radius 3 is 2.58 bits per heavy atom. The van der Waals surface area contributed by atoms with E-state index in [4.69, 9.17) is 0 Å². The molecule has 0 aromatic carbocycles. The molecule has 0 fully saturated rings. The van der Waals surface area contributed by atoms with Crippen molar-refractivity contribution >= 4 is 16.9 Å². The molecule has 0 aliphatic carbocycles. The molecule has 0 saturated heterocycles. The van der Waals surface area contributed by atoms with Gasteiger partial charge in [-0.3, -0.25) is 4.79 Å². The molecule has 0 radical (unpaired) electrons. The molecule has 24 heavy (non-hydrogen) atoms. The maximum atomic E-state index is 12.7. The number of carbonyl (C=O) groups excluding carboxylic acids is 1. The van der Waals surface area contributed by atoms with Crippen molar-refractivity contribution < 1.29 is 4.79 Å². The van der Waals surface area contributed by atoms with Crippen LogP contribution in [0.5, 0.6) is 0 Å². The second kappa shape index (κ2) is 8.24. The average molecular weight is 331 g/mol. The molecule has 0 spiro atoms. The Morgan fingerprint density at radius 1 is 1.25 bits per heavy atom. The zero-order chi connectivity index (χ0) is 17.7. The lowest BCUT2D eigenvalue weighted by molar-refractivity contribution is 0.0953. The van der Waals surface area contributed by atoms with Gasteiger partial charge in [0.2, 0.25) is 0 Å². The van der Waals surface area contributed by atoms with Gasteiger partial charge in [-0.15, -0.1) is 0 Å². The maximum absolute atomic E-state index is 12.7. The van der Waals surface area contributed by atoms with Crippen LogP contribution in [-0.4, -0.2) is 51.8 Å². The molecule has 2 heterocycles. The van der Waals surface area contributed by atoms with Gasteiger partial charge in [-0.05, 0) is 52.9 Å². The first-order valence-electron chi connectivity index (χ1n) is 8.87. The molecule has 6 nitrogen and oxygen atoms in total. The van der Waals surface area contributed by atoms with E-state index in [0.29, 0.717) is 12.1 Å². The largest absolute Gasteiger partial charge is 0.352 e. The molecule has 0 bridgehead atoms. The number of carbonyl (C=O) groups is 1. The molecule has 1 amide bonds. The number of rotatable bonds is 8. The first-order valence-corrected chi connectivity index (χ1v) is 8.87. The van der Waals surface area contributed by atoms with E-state index in [2.05, 4.69) is 34.1 Å². The normalized spacial score (nSPS) is 11.4. The summed E-state index contributed by atoms with van der Waals surface area (Å²) in [7, 11) is 0. The third-order valence-electron chi connectivity index (χ3n) is 4.38. The minimum atomic E-state index is -0.0381. The van der Waals surface area contributed by atoms with E-state index in [9.17, 15) is 4.79 Å². The maximum Gasteiger partial charge on any atom is 0.252 e. The van der Waals surface area contributed by atoms with Gasteiger partial charge in [-0.1, -0.05) is 13.8 Å². The van der Waals surface area contributed by atoms with Gasteiger partial charge in [0.25, 0.3) is 5.91 Å². The van der Waals surface area contributed by atoms with Crippen LogP contribution < -0.4 is 5.32 Å². The van der Waals surface area contributed by atoms with Gasteiger partial charge < -0.3 is 10.2 Å². The fourth-order valence-corrected chi connectivity index (χ4v) is 3.02. The number of hydrogen-bond donors (Lipinski definition) is 1. The number of hydrogen-bond acceptors (Lipinski definition) is 4. The van der Waals surface area contributed by atoms with E-state index >= 15 is 0 Å². The standard InChI is InChI=1S/C18H29N5O/c1-6-22(7-2)11-9-10-19-18(24)15-12-13(4)20-17-16(15)14(5)21-23(17)8-3/h12H,6-11H2,1-5H3,(H,19,24). The van der Waals surface area contributed by atoms with Crippen LogP contribution in [0.4, 0.5) is 0 Å². The van der Waals surface area contributed by atoms with Gasteiger partial charge in [-0.25, -0.2) is 9.67 Å². The van der Waals surface area contributed by atoms with Crippen LogP contribution in [0, 0.1) is 13.8 Å². The zero-order valence-electron chi connectivity index (χ0n) is 15.5. The number of amides is 1. The predicted molar refractivity (Wildman–Crippen MR) is 97.4 cm³/mol. The van der Waals surface area contributed by atoms with Crippen LogP contribution in [0.3, 0.4) is 0 Å². The Hall–Kier alpha value is -1.95. The molecule has 2 rings (SSSR count). The highest BCUT2D eigenvalue weighted by Gasteiger charge is 2.18. The van der Waals surface area contributed by atoms with E-state index in [1.54, 1.807) is 0 Å². The number of pyridine rings is 1. The van der Waals surface area contributed by atoms with Crippen molar-refractivity contribution in [2.45, 2.75) is 47.6 Å². The summed E-state index contributed by atoms with van der Waals surface area (Å²) >= 11 is 0. The number of aromatic nitrogens is 3. The first-order chi connectivity index (χ1) is 11.5. The van der Waals surface area contributed by atoms with Gasteiger partial charge in [0.15, 0.2) is 5.65 Å². The smallest absolute Gasteiger partial charge is 0.252 e. The highest BCUT2D eigenvalue weighted by Crippen LogP contribution is 2.22. The van der Waals surface area contributed by atoms with Gasteiger partial charge in [0.1, 0.15) is 0 Å². The van der Waals surface area contributed by atoms with Crippen LogP contribution in [0.1, 0.15) is 48.9 Å². The summed E-state index contributed by atoms with van der Waals surface area (Å²) in [5.41, 5.74) is 3.17. The Morgan fingerprint density at radius 2 is 1.96 bits per heavy atom. The molecule has 0 saturated carbocycles. The highest BCUT2D eigenvalue weighted by atomic mass is 16.1. The highest BCUT2D eigenvalue weighted by molar-refractivity contribution is 6.06. The topological polar surface area (TPSA) is 63.1 Å². The van der Waals surface area contributed by atoms with Gasteiger partial charge >= 0.3 is 0 Å². The monoisotopic (exact) mass is 331 g/mol. The Balaban J connectivity index is 2.13.